The van der Waals surface area contributed by atoms with Crippen LogP contribution in [0.3, 0.4) is 0 Å². The van der Waals surface area contributed by atoms with Crippen molar-refractivity contribution in [1.82, 2.24) is 10.6 Å². The van der Waals surface area contributed by atoms with Gasteiger partial charge in [-0.1, -0.05) is 6.07 Å². The van der Waals surface area contributed by atoms with Crippen LogP contribution >= 0.6 is 0 Å². The minimum absolute atomic E-state index is 0.274. The fraction of sp³-hybridized carbons (Fsp3) is 0.571. The molecule has 3 nitrogen and oxygen atoms in total. The van der Waals surface area contributed by atoms with Crippen molar-refractivity contribution >= 4 is 0 Å². The van der Waals surface area contributed by atoms with Crippen LogP contribution in [0, 0.1) is 5.82 Å². The molecule has 0 atom stereocenters. The average Bonchev–Trinajstić information content (AvgIpc) is 2.37. The van der Waals surface area contributed by atoms with Crippen molar-refractivity contribution in [3.05, 3.63) is 29.6 Å². The van der Waals surface area contributed by atoms with E-state index in [1.807, 2.05) is 20.0 Å². The molecule has 102 valence electrons. The maximum absolute atomic E-state index is 13.6. The maximum atomic E-state index is 13.6. The van der Waals surface area contributed by atoms with Crippen molar-refractivity contribution in [1.29, 1.82) is 0 Å². The third-order valence-electron chi connectivity index (χ3n) is 2.67. The summed E-state index contributed by atoms with van der Waals surface area (Å²) in [4.78, 5) is 0. The van der Waals surface area contributed by atoms with Crippen molar-refractivity contribution in [2.45, 2.75) is 19.8 Å². The summed E-state index contributed by atoms with van der Waals surface area (Å²) in [5.74, 6) is 0.0627. The summed E-state index contributed by atoms with van der Waals surface area (Å²) < 4.78 is 18.7. The normalized spacial score (nSPS) is 10.6. The molecule has 0 saturated carbocycles. The highest BCUT2D eigenvalue weighted by Gasteiger charge is 2.03. The van der Waals surface area contributed by atoms with Gasteiger partial charge in [0.25, 0.3) is 0 Å². The smallest absolute Gasteiger partial charge is 0.165 e. The molecule has 0 fully saturated rings. The van der Waals surface area contributed by atoms with E-state index in [0.29, 0.717) is 12.4 Å². The van der Waals surface area contributed by atoms with E-state index in [9.17, 15) is 4.39 Å². The maximum Gasteiger partial charge on any atom is 0.165 e. The number of ether oxygens (including phenoxy) is 1. The van der Waals surface area contributed by atoms with Gasteiger partial charge in [-0.2, -0.15) is 0 Å². The zero-order valence-electron chi connectivity index (χ0n) is 11.3. The quantitative estimate of drug-likeness (QED) is 0.661. The molecule has 0 spiro atoms. The van der Waals surface area contributed by atoms with E-state index in [2.05, 4.69) is 10.6 Å². The van der Waals surface area contributed by atoms with Gasteiger partial charge in [-0.3, -0.25) is 0 Å². The number of hydrogen-bond donors (Lipinski definition) is 2. The molecule has 0 aliphatic carbocycles. The first kappa shape index (κ1) is 14.9. The summed E-state index contributed by atoms with van der Waals surface area (Å²) in [6.45, 7) is 5.22. The first-order chi connectivity index (χ1) is 8.77. The van der Waals surface area contributed by atoms with Crippen LogP contribution in [0.25, 0.3) is 0 Å². The zero-order chi connectivity index (χ0) is 13.2. The second kappa shape index (κ2) is 8.89. The Hall–Kier alpha value is -1.13. The largest absolute Gasteiger partial charge is 0.491 e. The Morgan fingerprint density at radius 1 is 1.22 bits per heavy atom. The number of hydrogen-bond acceptors (Lipinski definition) is 3. The molecule has 0 amide bonds. The third kappa shape index (κ3) is 5.47. The van der Waals surface area contributed by atoms with Gasteiger partial charge < -0.3 is 15.4 Å². The van der Waals surface area contributed by atoms with Crippen molar-refractivity contribution in [2.24, 2.45) is 0 Å². The average molecular weight is 254 g/mol. The number of benzene rings is 1. The number of halogens is 1. The molecule has 0 radical (unpaired) electrons. The first-order valence-corrected chi connectivity index (χ1v) is 6.54. The summed E-state index contributed by atoms with van der Waals surface area (Å²) in [5.41, 5.74) is 0.997. The topological polar surface area (TPSA) is 33.3 Å². The standard InChI is InChI=1S/C14H23FN2O/c1-3-18-14-6-5-12(11-13(14)15)7-10-17-9-4-8-16-2/h5-6,11,16-17H,3-4,7-10H2,1-2H3. The van der Waals surface area contributed by atoms with Gasteiger partial charge in [0.05, 0.1) is 6.61 Å². The zero-order valence-corrected chi connectivity index (χ0v) is 11.3. The van der Waals surface area contributed by atoms with Gasteiger partial charge in [-0.05, 0) is 64.1 Å². The highest BCUT2D eigenvalue weighted by molar-refractivity contribution is 5.29. The molecule has 0 heterocycles. The van der Waals surface area contributed by atoms with E-state index in [0.717, 1.165) is 38.0 Å². The molecular weight excluding hydrogens is 231 g/mol. The molecular formula is C14H23FN2O. The van der Waals surface area contributed by atoms with Crippen LogP contribution in [0.5, 0.6) is 5.75 Å². The molecule has 0 unspecified atom stereocenters. The van der Waals surface area contributed by atoms with Gasteiger partial charge in [0.15, 0.2) is 11.6 Å². The van der Waals surface area contributed by atoms with Crippen molar-refractivity contribution in [3.63, 3.8) is 0 Å². The van der Waals surface area contributed by atoms with Gasteiger partial charge in [0.2, 0.25) is 0 Å². The summed E-state index contributed by atoms with van der Waals surface area (Å²) in [6.07, 6.45) is 1.94. The van der Waals surface area contributed by atoms with E-state index in [-0.39, 0.29) is 5.82 Å². The summed E-state index contributed by atoms with van der Waals surface area (Å²) in [7, 11) is 1.95. The Morgan fingerprint density at radius 3 is 2.72 bits per heavy atom. The molecule has 1 rings (SSSR count). The number of rotatable bonds is 9. The van der Waals surface area contributed by atoms with Crippen molar-refractivity contribution in [2.75, 3.05) is 33.3 Å². The van der Waals surface area contributed by atoms with E-state index in [1.165, 1.54) is 0 Å². The molecule has 18 heavy (non-hydrogen) atoms. The lowest BCUT2D eigenvalue weighted by Gasteiger charge is -2.08. The van der Waals surface area contributed by atoms with Crippen molar-refractivity contribution in [3.8, 4) is 5.75 Å². The molecule has 0 aliphatic rings. The molecule has 0 saturated heterocycles. The lowest BCUT2D eigenvalue weighted by molar-refractivity contribution is 0.321. The molecule has 0 aromatic heterocycles. The van der Waals surface area contributed by atoms with Gasteiger partial charge in [0, 0.05) is 0 Å². The Labute approximate surface area is 109 Å². The van der Waals surface area contributed by atoms with Gasteiger partial charge >= 0.3 is 0 Å². The van der Waals surface area contributed by atoms with Gasteiger partial charge in [-0.25, -0.2) is 4.39 Å². The summed E-state index contributed by atoms with van der Waals surface area (Å²) in [6, 6.07) is 5.18. The summed E-state index contributed by atoms with van der Waals surface area (Å²) >= 11 is 0. The fourth-order valence-corrected chi connectivity index (χ4v) is 1.72. The van der Waals surface area contributed by atoms with Crippen molar-refractivity contribution < 1.29 is 9.13 Å². The second-order valence-corrected chi connectivity index (χ2v) is 4.15. The lowest BCUT2D eigenvalue weighted by Crippen LogP contribution is -2.21. The van der Waals surface area contributed by atoms with E-state index < -0.39 is 0 Å². The Morgan fingerprint density at radius 2 is 2.06 bits per heavy atom. The first-order valence-electron chi connectivity index (χ1n) is 6.54. The minimum Gasteiger partial charge on any atom is -0.491 e. The van der Waals surface area contributed by atoms with Crippen LogP contribution in [0.15, 0.2) is 18.2 Å². The van der Waals surface area contributed by atoms with Crippen LogP contribution in [-0.2, 0) is 6.42 Å². The van der Waals surface area contributed by atoms with E-state index in [1.54, 1.807) is 12.1 Å². The van der Waals surface area contributed by atoms with Gasteiger partial charge in [0.1, 0.15) is 0 Å². The SMILES string of the molecule is CCOc1ccc(CCNCCCNC)cc1F. The molecule has 1 aromatic rings. The van der Waals surface area contributed by atoms with Crippen LogP contribution < -0.4 is 15.4 Å². The molecule has 2 N–H and O–H groups in total. The molecule has 1 aromatic carbocycles. The minimum atomic E-state index is -0.274. The molecule has 4 heteroatoms. The van der Waals surface area contributed by atoms with Crippen LogP contribution in [0.1, 0.15) is 18.9 Å². The highest BCUT2D eigenvalue weighted by Crippen LogP contribution is 2.18. The molecule has 0 bridgehead atoms. The monoisotopic (exact) mass is 254 g/mol. The van der Waals surface area contributed by atoms with E-state index in [4.69, 9.17) is 4.74 Å². The lowest BCUT2D eigenvalue weighted by atomic mass is 10.1. The van der Waals surface area contributed by atoms with Gasteiger partial charge in [-0.15, -0.1) is 0 Å². The predicted molar refractivity (Wildman–Crippen MR) is 72.7 cm³/mol. The van der Waals surface area contributed by atoms with E-state index >= 15 is 0 Å². The Bertz CT molecular complexity index is 345. The number of nitrogens with one attached hydrogen (secondary N) is 2. The van der Waals surface area contributed by atoms with Crippen LogP contribution in [0.4, 0.5) is 4.39 Å². The Kier molecular flexibility index (Phi) is 7.37. The predicted octanol–water partition coefficient (Wildman–Crippen LogP) is 1.97. The fourth-order valence-electron chi connectivity index (χ4n) is 1.72. The summed E-state index contributed by atoms with van der Waals surface area (Å²) in [5, 5.41) is 6.43. The second-order valence-electron chi connectivity index (χ2n) is 4.15. The van der Waals surface area contributed by atoms with Crippen LogP contribution in [0.2, 0.25) is 0 Å². The Balaban J connectivity index is 2.28. The highest BCUT2D eigenvalue weighted by atomic mass is 19.1. The van der Waals surface area contributed by atoms with Crippen LogP contribution in [-0.4, -0.2) is 33.3 Å². The third-order valence-corrected chi connectivity index (χ3v) is 2.67. The molecule has 0 aliphatic heterocycles.